The summed E-state index contributed by atoms with van der Waals surface area (Å²) in [6, 6.07) is 8.55. The Morgan fingerprint density at radius 1 is 1.14 bits per heavy atom. The van der Waals surface area contributed by atoms with Gasteiger partial charge in [0.25, 0.3) is 0 Å². The zero-order chi connectivity index (χ0) is 14.7. The third-order valence-electron chi connectivity index (χ3n) is 4.83. The van der Waals surface area contributed by atoms with E-state index in [0.717, 1.165) is 52.0 Å². The van der Waals surface area contributed by atoms with E-state index in [4.69, 9.17) is 5.73 Å². The molecule has 2 aliphatic rings. The van der Waals surface area contributed by atoms with Gasteiger partial charge in [-0.2, -0.15) is 0 Å². The normalized spacial score (nSPS) is 22.9. The van der Waals surface area contributed by atoms with E-state index in [-0.39, 0.29) is 5.92 Å². The fourth-order valence-electron chi connectivity index (χ4n) is 3.54. The fraction of sp³-hybridized carbons (Fsp3) is 0.588. The van der Waals surface area contributed by atoms with E-state index in [1.807, 2.05) is 0 Å². The summed E-state index contributed by atoms with van der Waals surface area (Å²) in [5, 5.41) is 0. The first-order valence-electron chi connectivity index (χ1n) is 8.06. The SMILES string of the molecule is NCCN1CCN(C(=O)C2CCc3ccccc3C2)CC1. The molecule has 1 atom stereocenters. The van der Waals surface area contributed by atoms with Crippen LogP contribution in [0.4, 0.5) is 0 Å². The first kappa shape index (κ1) is 14.5. The molecule has 0 bridgehead atoms. The number of carbonyl (C=O) groups is 1. The summed E-state index contributed by atoms with van der Waals surface area (Å²) < 4.78 is 0. The number of amides is 1. The number of piperazine rings is 1. The van der Waals surface area contributed by atoms with E-state index in [2.05, 4.69) is 34.1 Å². The van der Waals surface area contributed by atoms with E-state index >= 15 is 0 Å². The number of rotatable bonds is 3. The van der Waals surface area contributed by atoms with Gasteiger partial charge in [-0.3, -0.25) is 9.69 Å². The van der Waals surface area contributed by atoms with E-state index in [1.54, 1.807) is 0 Å². The van der Waals surface area contributed by atoms with Gasteiger partial charge in [-0.1, -0.05) is 24.3 Å². The quantitative estimate of drug-likeness (QED) is 0.898. The summed E-state index contributed by atoms with van der Waals surface area (Å²) in [5.41, 5.74) is 8.38. The van der Waals surface area contributed by atoms with Crippen LogP contribution in [0.25, 0.3) is 0 Å². The summed E-state index contributed by atoms with van der Waals surface area (Å²) >= 11 is 0. The monoisotopic (exact) mass is 287 g/mol. The van der Waals surface area contributed by atoms with Crippen molar-refractivity contribution in [2.24, 2.45) is 11.7 Å². The Bertz CT molecular complexity index is 495. The Hall–Kier alpha value is -1.39. The molecule has 0 spiro atoms. The molecule has 1 saturated heterocycles. The molecule has 4 nitrogen and oxygen atoms in total. The second-order valence-corrected chi connectivity index (χ2v) is 6.16. The Kier molecular flexibility index (Phi) is 4.56. The van der Waals surface area contributed by atoms with Gasteiger partial charge in [-0.25, -0.2) is 0 Å². The van der Waals surface area contributed by atoms with Crippen LogP contribution < -0.4 is 5.73 Å². The lowest BCUT2D eigenvalue weighted by Crippen LogP contribution is -2.51. The van der Waals surface area contributed by atoms with Crippen LogP contribution in [0, 0.1) is 5.92 Å². The number of carbonyl (C=O) groups excluding carboxylic acids is 1. The summed E-state index contributed by atoms with van der Waals surface area (Å²) in [7, 11) is 0. The number of nitrogens with two attached hydrogens (primary N) is 1. The molecule has 3 rings (SSSR count). The molecule has 1 aromatic carbocycles. The standard InChI is InChI=1S/C17H25N3O/c18-7-8-19-9-11-20(12-10-19)17(21)16-6-5-14-3-1-2-4-15(14)13-16/h1-4,16H,5-13,18H2. The molecule has 1 aliphatic heterocycles. The highest BCUT2D eigenvalue weighted by Gasteiger charge is 2.29. The Morgan fingerprint density at radius 2 is 1.86 bits per heavy atom. The predicted octanol–water partition coefficient (Wildman–Crippen LogP) is 0.894. The lowest BCUT2D eigenvalue weighted by molar-refractivity contribution is -0.137. The lowest BCUT2D eigenvalue weighted by atomic mass is 9.83. The molecule has 1 aliphatic carbocycles. The summed E-state index contributed by atoms with van der Waals surface area (Å²) in [6.45, 7) is 5.29. The van der Waals surface area contributed by atoms with Gasteiger partial charge in [-0.15, -0.1) is 0 Å². The predicted molar refractivity (Wildman–Crippen MR) is 84.0 cm³/mol. The van der Waals surface area contributed by atoms with Gasteiger partial charge in [0.1, 0.15) is 0 Å². The molecule has 1 fully saturated rings. The summed E-state index contributed by atoms with van der Waals surface area (Å²) in [5.74, 6) is 0.540. The Balaban J connectivity index is 1.57. The topological polar surface area (TPSA) is 49.6 Å². The van der Waals surface area contributed by atoms with Crippen molar-refractivity contribution in [1.82, 2.24) is 9.80 Å². The van der Waals surface area contributed by atoms with E-state index in [1.165, 1.54) is 11.1 Å². The minimum atomic E-state index is 0.181. The number of aryl methyl sites for hydroxylation is 1. The second-order valence-electron chi connectivity index (χ2n) is 6.16. The van der Waals surface area contributed by atoms with Crippen LogP contribution in [-0.2, 0) is 17.6 Å². The number of hydrogen-bond donors (Lipinski definition) is 1. The van der Waals surface area contributed by atoms with Crippen LogP contribution in [0.15, 0.2) is 24.3 Å². The maximum Gasteiger partial charge on any atom is 0.226 e. The third-order valence-corrected chi connectivity index (χ3v) is 4.83. The molecular formula is C17H25N3O. The van der Waals surface area contributed by atoms with Crippen LogP contribution in [0.2, 0.25) is 0 Å². The second kappa shape index (κ2) is 6.58. The van der Waals surface area contributed by atoms with Crippen molar-refractivity contribution < 1.29 is 4.79 Å². The van der Waals surface area contributed by atoms with Gasteiger partial charge < -0.3 is 10.6 Å². The highest BCUT2D eigenvalue weighted by atomic mass is 16.2. The van der Waals surface area contributed by atoms with Gasteiger partial charge in [0, 0.05) is 45.2 Å². The van der Waals surface area contributed by atoms with E-state index in [9.17, 15) is 4.79 Å². The number of fused-ring (bicyclic) bond motifs is 1. The van der Waals surface area contributed by atoms with Crippen LogP contribution in [-0.4, -0.2) is 55.0 Å². The molecule has 21 heavy (non-hydrogen) atoms. The first-order valence-corrected chi connectivity index (χ1v) is 8.06. The van der Waals surface area contributed by atoms with Crippen molar-refractivity contribution >= 4 is 5.91 Å². The molecule has 0 aromatic heterocycles. The van der Waals surface area contributed by atoms with Crippen molar-refractivity contribution in [1.29, 1.82) is 0 Å². The highest BCUT2D eigenvalue weighted by Crippen LogP contribution is 2.27. The zero-order valence-corrected chi connectivity index (χ0v) is 12.6. The largest absolute Gasteiger partial charge is 0.340 e. The minimum absolute atomic E-state index is 0.181. The lowest BCUT2D eigenvalue weighted by Gasteiger charge is -2.37. The van der Waals surface area contributed by atoms with Crippen LogP contribution >= 0.6 is 0 Å². The van der Waals surface area contributed by atoms with Crippen LogP contribution in [0.3, 0.4) is 0 Å². The third kappa shape index (κ3) is 3.27. The molecule has 4 heteroatoms. The minimum Gasteiger partial charge on any atom is -0.340 e. The summed E-state index contributed by atoms with van der Waals surface area (Å²) in [4.78, 5) is 17.1. The van der Waals surface area contributed by atoms with Crippen molar-refractivity contribution in [3.8, 4) is 0 Å². The average Bonchev–Trinajstić information content (AvgIpc) is 2.55. The fourth-order valence-corrected chi connectivity index (χ4v) is 3.54. The number of hydrogen-bond acceptors (Lipinski definition) is 3. The van der Waals surface area contributed by atoms with Crippen molar-refractivity contribution in [2.75, 3.05) is 39.3 Å². The van der Waals surface area contributed by atoms with Crippen LogP contribution in [0.5, 0.6) is 0 Å². The Morgan fingerprint density at radius 3 is 2.57 bits per heavy atom. The van der Waals surface area contributed by atoms with Gasteiger partial charge >= 0.3 is 0 Å². The maximum atomic E-state index is 12.7. The van der Waals surface area contributed by atoms with E-state index < -0.39 is 0 Å². The van der Waals surface area contributed by atoms with Gasteiger partial charge in [0.2, 0.25) is 5.91 Å². The average molecular weight is 287 g/mol. The smallest absolute Gasteiger partial charge is 0.226 e. The number of benzene rings is 1. The molecule has 0 saturated carbocycles. The maximum absolute atomic E-state index is 12.7. The molecule has 1 heterocycles. The molecule has 1 amide bonds. The molecule has 0 radical (unpaired) electrons. The Labute approximate surface area is 126 Å². The first-order chi connectivity index (χ1) is 10.3. The molecular weight excluding hydrogens is 262 g/mol. The molecule has 114 valence electrons. The van der Waals surface area contributed by atoms with Gasteiger partial charge in [0.15, 0.2) is 0 Å². The van der Waals surface area contributed by atoms with E-state index in [0.29, 0.717) is 12.5 Å². The van der Waals surface area contributed by atoms with Gasteiger partial charge in [0.05, 0.1) is 0 Å². The molecule has 1 aromatic rings. The highest BCUT2D eigenvalue weighted by molar-refractivity contribution is 5.79. The van der Waals surface area contributed by atoms with Gasteiger partial charge in [-0.05, 0) is 30.4 Å². The van der Waals surface area contributed by atoms with Crippen molar-refractivity contribution in [3.05, 3.63) is 35.4 Å². The molecule has 1 unspecified atom stereocenters. The summed E-state index contributed by atoms with van der Waals surface area (Å²) in [6.07, 6.45) is 2.95. The molecule has 2 N–H and O–H groups in total. The van der Waals surface area contributed by atoms with Crippen molar-refractivity contribution in [2.45, 2.75) is 19.3 Å². The zero-order valence-electron chi connectivity index (χ0n) is 12.6. The van der Waals surface area contributed by atoms with Crippen LogP contribution in [0.1, 0.15) is 17.5 Å². The van der Waals surface area contributed by atoms with Crippen molar-refractivity contribution in [3.63, 3.8) is 0 Å². The number of nitrogens with zero attached hydrogens (tertiary/aromatic N) is 2.